The number of piperazine rings is 1. The number of nitrogens with two attached hydrogens (primary N) is 1. The summed E-state index contributed by atoms with van der Waals surface area (Å²) in [6, 6.07) is 0. The molecule has 0 aromatic heterocycles. The molecule has 1 aliphatic heterocycles. The SMILES string of the molecule is CCCOCCOCCOCCOCCN1CCN(CCOCC(F)CN)CC1. The molecule has 1 saturated heterocycles. The van der Waals surface area contributed by atoms with Gasteiger partial charge in [-0.2, -0.15) is 0 Å². The monoisotopic (exact) mass is 423 g/mol. The van der Waals surface area contributed by atoms with Gasteiger partial charge in [0.1, 0.15) is 6.17 Å². The fourth-order valence-corrected chi connectivity index (χ4v) is 2.81. The number of rotatable bonds is 20. The Morgan fingerprint density at radius 3 is 1.55 bits per heavy atom. The first-order chi connectivity index (χ1) is 14.3. The highest BCUT2D eigenvalue weighted by atomic mass is 19.1. The van der Waals surface area contributed by atoms with Crippen LogP contribution in [0, 0.1) is 0 Å². The molecule has 1 rings (SSSR count). The Bertz CT molecular complexity index is 350. The van der Waals surface area contributed by atoms with Gasteiger partial charge < -0.3 is 29.4 Å². The van der Waals surface area contributed by atoms with E-state index in [1.165, 1.54) is 0 Å². The summed E-state index contributed by atoms with van der Waals surface area (Å²) in [4.78, 5) is 4.75. The van der Waals surface area contributed by atoms with Crippen molar-refractivity contribution in [3.8, 4) is 0 Å². The van der Waals surface area contributed by atoms with Gasteiger partial charge in [-0.3, -0.25) is 9.80 Å². The van der Waals surface area contributed by atoms with Gasteiger partial charge in [0.05, 0.1) is 59.5 Å². The number of ether oxygens (including phenoxy) is 5. The third kappa shape index (κ3) is 16.0. The van der Waals surface area contributed by atoms with Gasteiger partial charge >= 0.3 is 0 Å². The van der Waals surface area contributed by atoms with E-state index in [2.05, 4.69) is 16.7 Å². The van der Waals surface area contributed by atoms with E-state index in [-0.39, 0.29) is 13.2 Å². The summed E-state index contributed by atoms with van der Waals surface area (Å²) in [5, 5.41) is 0. The first kappa shape index (κ1) is 26.6. The number of alkyl halides is 1. The van der Waals surface area contributed by atoms with Crippen molar-refractivity contribution in [1.29, 1.82) is 0 Å². The molecule has 174 valence electrons. The van der Waals surface area contributed by atoms with Crippen LogP contribution in [-0.4, -0.2) is 128 Å². The minimum atomic E-state index is -1.05. The molecule has 29 heavy (non-hydrogen) atoms. The van der Waals surface area contributed by atoms with E-state index in [9.17, 15) is 4.39 Å². The van der Waals surface area contributed by atoms with Gasteiger partial charge in [-0.25, -0.2) is 4.39 Å². The first-order valence-corrected chi connectivity index (χ1v) is 10.9. The Labute approximate surface area is 175 Å². The Balaban J connectivity index is 1.80. The highest BCUT2D eigenvalue weighted by molar-refractivity contribution is 4.71. The molecule has 1 aliphatic rings. The largest absolute Gasteiger partial charge is 0.379 e. The van der Waals surface area contributed by atoms with E-state index < -0.39 is 6.17 Å². The highest BCUT2D eigenvalue weighted by Crippen LogP contribution is 2.01. The van der Waals surface area contributed by atoms with Gasteiger partial charge in [-0.05, 0) is 6.42 Å². The summed E-state index contributed by atoms with van der Waals surface area (Å²) in [7, 11) is 0. The third-order valence-corrected chi connectivity index (χ3v) is 4.59. The zero-order valence-corrected chi connectivity index (χ0v) is 18.2. The molecule has 0 aromatic rings. The summed E-state index contributed by atoms with van der Waals surface area (Å²) in [5.74, 6) is 0. The number of nitrogens with zero attached hydrogens (tertiary/aromatic N) is 2. The molecular formula is C20H42FN3O5. The van der Waals surface area contributed by atoms with Crippen LogP contribution in [0.25, 0.3) is 0 Å². The minimum Gasteiger partial charge on any atom is -0.379 e. The molecule has 8 nitrogen and oxygen atoms in total. The normalized spacial score (nSPS) is 17.1. The Hall–Kier alpha value is -0.390. The Morgan fingerprint density at radius 2 is 1.10 bits per heavy atom. The maximum Gasteiger partial charge on any atom is 0.135 e. The van der Waals surface area contributed by atoms with Crippen molar-refractivity contribution in [3.05, 3.63) is 0 Å². The van der Waals surface area contributed by atoms with Crippen LogP contribution in [0.1, 0.15) is 13.3 Å². The molecule has 0 bridgehead atoms. The van der Waals surface area contributed by atoms with Crippen LogP contribution in [0.3, 0.4) is 0 Å². The zero-order valence-electron chi connectivity index (χ0n) is 18.2. The van der Waals surface area contributed by atoms with Crippen molar-refractivity contribution in [2.75, 3.05) is 112 Å². The van der Waals surface area contributed by atoms with Crippen molar-refractivity contribution in [2.24, 2.45) is 5.73 Å². The van der Waals surface area contributed by atoms with Crippen LogP contribution in [-0.2, 0) is 23.7 Å². The van der Waals surface area contributed by atoms with Gasteiger partial charge in [0.15, 0.2) is 0 Å². The molecule has 0 aromatic carbocycles. The second-order valence-electron chi connectivity index (χ2n) is 7.04. The smallest absolute Gasteiger partial charge is 0.135 e. The first-order valence-electron chi connectivity index (χ1n) is 10.9. The van der Waals surface area contributed by atoms with Crippen LogP contribution in [0.2, 0.25) is 0 Å². The maximum atomic E-state index is 13.0. The van der Waals surface area contributed by atoms with Crippen molar-refractivity contribution >= 4 is 0 Å². The topological polar surface area (TPSA) is 78.7 Å². The molecule has 2 N–H and O–H groups in total. The van der Waals surface area contributed by atoms with Gasteiger partial charge in [-0.1, -0.05) is 6.92 Å². The van der Waals surface area contributed by atoms with E-state index in [4.69, 9.17) is 29.4 Å². The Morgan fingerprint density at radius 1 is 0.690 bits per heavy atom. The molecule has 0 spiro atoms. The molecule has 9 heteroatoms. The number of halogens is 1. The highest BCUT2D eigenvalue weighted by Gasteiger charge is 2.16. The second-order valence-corrected chi connectivity index (χ2v) is 7.04. The second kappa shape index (κ2) is 19.6. The van der Waals surface area contributed by atoms with Crippen molar-refractivity contribution in [2.45, 2.75) is 19.5 Å². The molecule has 1 heterocycles. The maximum absolute atomic E-state index is 13.0. The van der Waals surface area contributed by atoms with Crippen molar-refractivity contribution < 1.29 is 28.1 Å². The number of hydrogen-bond donors (Lipinski definition) is 1. The molecule has 1 fully saturated rings. The van der Waals surface area contributed by atoms with Gasteiger partial charge in [0.2, 0.25) is 0 Å². The molecule has 0 saturated carbocycles. The number of hydrogen-bond acceptors (Lipinski definition) is 8. The molecule has 1 atom stereocenters. The van der Waals surface area contributed by atoms with Crippen LogP contribution in [0.4, 0.5) is 4.39 Å². The fraction of sp³-hybridized carbons (Fsp3) is 1.00. The van der Waals surface area contributed by atoms with Crippen molar-refractivity contribution in [1.82, 2.24) is 9.80 Å². The average Bonchev–Trinajstić information content (AvgIpc) is 2.75. The summed E-state index contributed by atoms with van der Waals surface area (Å²) in [5.41, 5.74) is 5.22. The lowest BCUT2D eigenvalue weighted by Gasteiger charge is -2.34. The van der Waals surface area contributed by atoms with Gasteiger partial charge in [-0.15, -0.1) is 0 Å². The lowest BCUT2D eigenvalue weighted by molar-refractivity contribution is -0.00561. The fourth-order valence-electron chi connectivity index (χ4n) is 2.81. The van der Waals surface area contributed by atoms with Crippen LogP contribution >= 0.6 is 0 Å². The summed E-state index contributed by atoms with van der Waals surface area (Å²) >= 11 is 0. The minimum absolute atomic E-state index is 0.0241. The molecule has 0 amide bonds. The van der Waals surface area contributed by atoms with Crippen LogP contribution < -0.4 is 5.73 Å². The lowest BCUT2D eigenvalue weighted by atomic mass is 10.3. The van der Waals surface area contributed by atoms with E-state index in [0.29, 0.717) is 52.9 Å². The molecular weight excluding hydrogens is 381 g/mol. The Kier molecular flexibility index (Phi) is 18.0. The van der Waals surface area contributed by atoms with E-state index in [0.717, 1.165) is 52.3 Å². The summed E-state index contributed by atoms with van der Waals surface area (Å²) < 4.78 is 40.1. The summed E-state index contributed by atoms with van der Waals surface area (Å²) in [6.07, 6.45) is -0.0193. The van der Waals surface area contributed by atoms with Crippen LogP contribution in [0.15, 0.2) is 0 Å². The van der Waals surface area contributed by atoms with E-state index in [1.54, 1.807) is 0 Å². The quantitative estimate of drug-likeness (QED) is 0.282. The molecule has 1 unspecified atom stereocenters. The predicted molar refractivity (Wildman–Crippen MR) is 111 cm³/mol. The average molecular weight is 424 g/mol. The standard InChI is InChI=1S/C20H42FN3O5/c1-2-9-25-12-14-27-16-17-28-15-13-26-10-7-23-3-5-24(6-4-23)8-11-29-19-20(21)18-22/h20H,2-19,22H2,1H3. The predicted octanol–water partition coefficient (Wildman–Crippen LogP) is 0.394. The molecule has 0 aliphatic carbocycles. The lowest BCUT2D eigenvalue weighted by Crippen LogP contribution is -2.48. The van der Waals surface area contributed by atoms with E-state index in [1.807, 2.05) is 0 Å². The zero-order chi connectivity index (χ0) is 21.0. The van der Waals surface area contributed by atoms with Gasteiger partial charge in [0.25, 0.3) is 0 Å². The summed E-state index contributed by atoms with van der Waals surface area (Å²) in [6.45, 7) is 13.7. The van der Waals surface area contributed by atoms with E-state index >= 15 is 0 Å². The van der Waals surface area contributed by atoms with Crippen molar-refractivity contribution in [3.63, 3.8) is 0 Å². The van der Waals surface area contributed by atoms with Crippen LogP contribution in [0.5, 0.6) is 0 Å². The third-order valence-electron chi connectivity index (χ3n) is 4.59. The molecule has 0 radical (unpaired) electrons. The van der Waals surface area contributed by atoms with Gasteiger partial charge in [0, 0.05) is 52.4 Å².